The number of allylic oxidation sites excluding steroid dienone is 1. The summed E-state index contributed by atoms with van der Waals surface area (Å²) in [5.74, 6) is -0.432. The molecule has 0 N–H and O–H groups in total. The maximum absolute atomic E-state index is 13.8. The third-order valence-electron chi connectivity index (χ3n) is 6.29. The van der Waals surface area contributed by atoms with Crippen LogP contribution < -0.4 is 19.6 Å². The molecule has 1 aromatic heterocycles. The Morgan fingerprint density at radius 2 is 1.85 bits per heavy atom. The van der Waals surface area contributed by atoms with Crippen LogP contribution in [0.5, 0.6) is 5.75 Å². The minimum Gasteiger partial charge on any atom is -0.488 e. The van der Waals surface area contributed by atoms with Gasteiger partial charge in [0.15, 0.2) is 4.80 Å². The molecule has 10 heteroatoms. The third-order valence-corrected chi connectivity index (χ3v) is 8.01. The van der Waals surface area contributed by atoms with E-state index in [4.69, 9.17) is 32.7 Å². The zero-order valence-electron chi connectivity index (χ0n) is 21.5. The van der Waals surface area contributed by atoms with E-state index in [1.54, 1.807) is 44.2 Å². The molecule has 3 aromatic carbocycles. The minimum absolute atomic E-state index is 0.162. The number of rotatable bonds is 7. The summed E-state index contributed by atoms with van der Waals surface area (Å²) in [5, 5.41) is 0.895. The first-order chi connectivity index (χ1) is 19.3. The Morgan fingerprint density at radius 1 is 1.10 bits per heavy atom. The van der Waals surface area contributed by atoms with Gasteiger partial charge in [0.1, 0.15) is 18.2 Å². The van der Waals surface area contributed by atoms with Crippen LogP contribution in [0, 0.1) is 5.82 Å². The topological polar surface area (TPSA) is 69.9 Å². The highest BCUT2D eigenvalue weighted by molar-refractivity contribution is 7.07. The average Bonchev–Trinajstić information content (AvgIpc) is 3.24. The van der Waals surface area contributed by atoms with Gasteiger partial charge in [-0.15, -0.1) is 0 Å². The van der Waals surface area contributed by atoms with Gasteiger partial charge in [-0.1, -0.05) is 70.9 Å². The van der Waals surface area contributed by atoms with Crippen LogP contribution in [0.4, 0.5) is 4.39 Å². The molecule has 1 unspecified atom stereocenters. The van der Waals surface area contributed by atoms with Gasteiger partial charge in [-0.2, -0.15) is 0 Å². The first kappa shape index (κ1) is 27.8. The van der Waals surface area contributed by atoms with E-state index in [-0.39, 0.29) is 24.3 Å². The number of benzene rings is 3. The van der Waals surface area contributed by atoms with Crippen LogP contribution in [-0.2, 0) is 16.1 Å². The first-order valence-corrected chi connectivity index (χ1v) is 13.9. The highest BCUT2D eigenvalue weighted by Gasteiger charge is 2.33. The number of hydrogen-bond donors (Lipinski definition) is 0. The van der Waals surface area contributed by atoms with Gasteiger partial charge in [0.2, 0.25) is 0 Å². The quantitative estimate of drug-likeness (QED) is 0.252. The van der Waals surface area contributed by atoms with Crippen molar-refractivity contribution in [2.75, 3.05) is 6.61 Å². The Morgan fingerprint density at radius 3 is 2.58 bits per heavy atom. The van der Waals surface area contributed by atoms with Crippen molar-refractivity contribution in [2.24, 2.45) is 4.99 Å². The maximum Gasteiger partial charge on any atom is 0.338 e. The van der Waals surface area contributed by atoms with E-state index in [1.165, 1.54) is 28.0 Å². The van der Waals surface area contributed by atoms with Crippen molar-refractivity contribution in [3.8, 4) is 5.75 Å². The first-order valence-electron chi connectivity index (χ1n) is 12.4. The fourth-order valence-electron chi connectivity index (χ4n) is 4.41. The van der Waals surface area contributed by atoms with E-state index in [2.05, 4.69) is 4.99 Å². The summed E-state index contributed by atoms with van der Waals surface area (Å²) in [6.07, 6.45) is 1.74. The monoisotopic (exact) mass is 596 g/mol. The Balaban J connectivity index is 1.58. The number of hydrogen-bond acceptors (Lipinski definition) is 6. The zero-order chi connectivity index (χ0) is 28.4. The van der Waals surface area contributed by atoms with Crippen LogP contribution in [-0.4, -0.2) is 17.1 Å². The summed E-state index contributed by atoms with van der Waals surface area (Å²) in [6.45, 7) is 3.81. The molecule has 0 amide bonds. The molecule has 4 aromatic rings. The molecule has 40 heavy (non-hydrogen) atoms. The van der Waals surface area contributed by atoms with Crippen molar-refractivity contribution < 1.29 is 18.7 Å². The van der Waals surface area contributed by atoms with Gasteiger partial charge in [-0.25, -0.2) is 14.2 Å². The number of fused-ring (bicyclic) bond motifs is 1. The second-order valence-electron chi connectivity index (χ2n) is 8.93. The number of aromatic nitrogens is 1. The predicted octanol–water partition coefficient (Wildman–Crippen LogP) is 5.82. The smallest absolute Gasteiger partial charge is 0.338 e. The van der Waals surface area contributed by atoms with Crippen molar-refractivity contribution in [2.45, 2.75) is 26.5 Å². The molecule has 1 aliphatic rings. The van der Waals surface area contributed by atoms with Crippen molar-refractivity contribution in [1.29, 1.82) is 0 Å². The molecule has 0 fully saturated rings. The molecule has 1 atom stereocenters. The number of para-hydroxylation sites is 1. The third kappa shape index (κ3) is 5.61. The molecule has 0 spiro atoms. The van der Waals surface area contributed by atoms with Gasteiger partial charge >= 0.3 is 5.97 Å². The molecule has 6 nitrogen and oxygen atoms in total. The summed E-state index contributed by atoms with van der Waals surface area (Å²) in [7, 11) is 0. The number of halogens is 3. The lowest BCUT2D eigenvalue weighted by atomic mass is 9.96. The number of nitrogens with zero attached hydrogens (tertiary/aromatic N) is 2. The number of thiazole rings is 1. The summed E-state index contributed by atoms with van der Waals surface area (Å²) in [6, 6.07) is 17.5. The fourth-order valence-corrected chi connectivity index (χ4v) is 5.77. The molecule has 0 bridgehead atoms. The molecule has 1 aliphatic heterocycles. The Labute approximate surface area is 243 Å². The zero-order valence-corrected chi connectivity index (χ0v) is 23.8. The molecule has 0 saturated carbocycles. The highest BCUT2D eigenvalue weighted by Crippen LogP contribution is 2.31. The van der Waals surface area contributed by atoms with E-state index in [9.17, 15) is 14.0 Å². The molecule has 0 radical (unpaired) electrons. The number of esters is 1. The van der Waals surface area contributed by atoms with Gasteiger partial charge in [0, 0.05) is 5.56 Å². The minimum atomic E-state index is -0.820. The summed E-state index contributed by atoms with van der Waals surface area (Å²) < 4.78 is 27.0. The standard InChI is InChI=1S/C30H23Cl2FN2O4S/c1-3-38-29(37)26-17(2)34-30-35(27(26)19-9-11-21(33)12-10-19)28(36)25(40-30)15-20-6-4-5-7-24(20)39-16-18-8-13-22(31)23(32)14-18/h4-15,27H,3,16H2,1-2H3/b25-15+. The molecular weight excluding hydrogens is 574 g/mol. The largest absolute Gasteiger partial charge is 0.488 e. The van der Waals surface area contributed by atoms with Crippen molar-refractivity contribution in [3.63, 3.8) is 0 Å². The van der Waals surface area contributed by atoms with Crippen molar-refractivity contribution >= 4 is 46.6 Å². The summed E-state index contributed by atoms with van der Waals surface area (Å²) in [5.41, 5.74) is 2.42. The SMILES string of the molecule is CCOC(=O)C1=C(C)N=c2s/c(=C/c3ccccc3OCc3ccc(Cl)c(Cl)c3)c(=O)n2C1c1ccc(F)cc1. The predicted molar refractivity (Wildman–Crippen MR) is 154 cm³/mol. The fraction of sp³-hybridized carbons (Fsp3) is 0.167. The van der Waals surface area contributed by atoms with E-state index in [0.717, 1.165) is 5.56 Å². The van der Waals surface area contributed by atoms with Gasteiger partial charge in [-0.3, -0.25) is 9.36 Å². The van der Waals surface area contributed by atoms with Crippen LogP contribution in [0.1, 0.15) is 36.6 Å². The normalized spacial score (nSPS) is 15.0. The second kappa shape index (κ2) is 11.8. The Kier molecular flexibility index (Phi) is 8.21. The van der Waals surface area contributed by atoms with Gasteiger partial charge in [0.25, 0.3) is 5.56 Å². The van der Waals surface area contributed by atoms with E-state index in [1.807, 2.05) is 30.3 Å². The molecule has 0 saturated heterocycles. The summed E-state index contributed by atoms with van der Waals surface area (Å²) >= 11 is 13.3. The van der Waals surface area contributed by atoms with Gasteiger partial charge in [-0.05, 0) is 61.4 Å². The van der Waals surface area contributed by atoms with Crippen LogP contribution in [0.2, 0.25) is 10.0 Å². The molecular formula is C30H23Cl2FN2O4S. The lowest BCUT2D eigenvalue weighted by Crippen LogP contribution is -2.39. The van der Waals surface area contributed by atoms with E-state index >= 15 is 0 Å². The van der Waals surface area contributed by atoms with Crippen molar-refractivity contribution in [1.82, 2.24) is 4.57 Å². The second-order valence-corrected chi connectivity index (χ2v) is 10.8. The highest BCUT2D eigenvalue weighted by atomic mass is 35.5. The Bertz CT molecular complexity index is 1810. The van der Waals surface area contributed by atoms with Crippen molar-refractivity contribution in [3.05, 3.63) is 130 Å². The number of ether oxygens (including phenoxy) is 2. The lowest BCUT2D eigenvalue weighted by Gasteiger charge is -2.24. The molecule has 204 valence electrons. The van der Waals surface area contributed by atoms with Gasteiger partial charge in [0.05, 0.1) is 38.5 Å². The average molecular weight is 597 g/mol. The summed E-state index contributed by atoms with van der Waals surface area (Å²) in [4.78, 5) is 31.8. The van der Waals surface area contributed by atoms with Crippen LogP contribution in [0.3, 0.4) is 0 Å². The van der Waals surface area contributed by atoms with Crippen LogP contribution in [0.25, 0.3) is 6.08 Å². The Hall–Kier alpha value is -3.72. The van der Waals surface area contributed by atoms with E-state index in [0.29, 0.717) is 42.0 Å². The van der Waals surface area contributed by atoms with Crippen LogP contribution >= 0.6 is 34.5 Å². The van der Waals surface area contributed by atoms with Crippen LogP contribution in [0.15, 0.2) is 87.8 Å². The van der Waals surface area contributed by atoms with E-state index < -0.39 is 17.8 Å². The molecule has 0 aliphatic carbocycles. The maximum atomic E-state index is 13.8. The number of carbonyl (C=O) groups excluding carboxylic acids is 1. The van der Waals surface area contributed by atoms with Gasteiger partial charge < -0.3 is 9.47 Å². The lowest BCUT2D eigenvalue weighted by molar-refractivity contribution is -0.139. The molecule has 2 heterocycles. The molecule has 5 rings (SSSR count). The number of carbonyl (C=O) groups is 1.